The molecule has 22 heavy (non-hydrogen) atoms. The highest BCUT2D eigenvalue weighted by atomic mass is 16.7. The molecule has 0 aromatic rings. The van der Waals surface area contributed by atoms with Crippen molar-refractivity contribution < 1.29 is 24.8 Å². The van der Waals surface area contributed by atoms with Gasteiger partial charge in [-0.1, -0.05) is 58.3 Å². The maximum absolute atomic E-state index is 9.81. The van der Waals surface area contributed by atoms with Crippen LogP contribution in [0, 0.1) is 0 Å². The zero-order chi connectivity index (χ0) is 16.4. The van der Waals surface area contributed by atoms with Crippen molar-refractivity contribution >= 4 is 0 Å². The summed E-state index contributed by atoms with van der Waals surface area (Å²) in [6.07, 6.45) is 6.30. The van der Waals surface area contributed by atoms with Crippen LogP contribution in [0.15, 0.2) is 0 Å². The first-order chi connectivity index (χ1) is 10.6. The van der Waals surface area contributed by atoms with Crippen molar-refractivity contribution in [3.8, 4) is 0 Å². The van der Waals surface area contributed by atoms with Gasteiger partial charge in [-0.15, -0.1) is 0 Å². The van der Waals surface area contributed by atoms with Gasteiger partial charge in [0.2, 0.25) is 0 Å². The van der Waals surface area contributed by atoms with Gasteiger partial charge in [0.15, 0.2) is 6.29 Å². The van der Waals surface area contributed by atoms with Gasteiger partial charge in [0, 0.05) is 6.61 Å². The van der Waals surface area contributed by atoms with E-state index >= 15 is 0 Å². The first-order valence-corrected chi connectivity index (χ1v) is 8.89. The number of hydrogen-bond donors (Lipinski definition) is 3. The van der Waals surface area contributed by atoms with Gasteiger partial charge in [-0.2, -0.15) is 0 Å². The third kappa shape index (κ3) is 6.92. The molecule has 132 valence electrons. The van der Waals surface area contributed by atoms with Crippen LogP contribution in [-0.2, 0) is 9.47 Å². The summed E-state index contributed by atoms with van der Waals surface area (Å²) in [4.78, 5) is 0. The largest absolute Gasteiger partial charge is 0.388 e. The highest BCUT2D eigenvalue weighted by Gasteiger charge is 2.42. The normalized spacial score (nSPS) is 32.3. The molecule has 5 nitrogen and oxygen atoms in total. The minimum Gasteiger partial charge on any atom is -0.388 e. The fraction of sp³-hybridized carbons (Fsp3) is 1.00. The lowest BCUT2D eigenvalue weighted by Crippen LogP contribution is -2.57. The molecule has 5 atom stereocenters. The third-order valence-electron chi connectivity index (χ3n) is 4.34. The van der Waals surface area contributed by atoms with Crippen LogP contribution >= 0.6 is 0 Å². The fourth-order valence-corrected chi connectivity index (χ4v) is 2.76. The van der Waals surface area contributed by atoms with Crippen LogP contribution in [0.5, 0.6) is 0 Å². The van der Waals surface area contributed by atoms with Gasteiger partial charge >= 0.3 is 0 Å². The summed E-state index contributed by atoms with van der Waals surface area (Å²) in [5, 5.41) is 29.1. The topological polar surface area (TPSA) is 79.2 Å². The Balaban J connectivity index is 2.00. The van der Waals surface area contributed by atoms with Gasteiger partial charge in [-0.05, 0) is 13.3 Å². The third-order valence-corrected chi connectivity index (χ3v) is 4.34. The van der Waals surface area contributed by atoms with E-state index in [1.165, 1.54) is 44.9 Å². The quantitative estimate of drug-likeness (QED) is 0.510. The van der Waals surface area contributed by atoms with Gasteiger partial charge in [0.1, 0.15) is 18.3 Å². The lowest BCUT2D eigenvalue weighted by molar-refractivity contribution is -0.293. The monoisotopic (exact) mass is 318 g/mol. The summed E-state index contributed by atoms with van der Waals surface area (Å²) in [6.45, 7) is 4.40. The zero-order valence-corrected chi connectivity index (χ0v) is 14.1. The molecular formula is C17H34O5. The number of aliphatic hydroxyl groups excluding tert-OH is 3. The van der Waals surface area contributed by atoms with Crippen molar-refractivity contribution in [2.45, 2.75) is 102 Å². The molecule has 3 N–H and O–H groups in total. The summed E-state index contributed by atoms with van der Waals surface area (Å²) >= 11 is 0. The number of ether oxygens (including phenoxy) is 2. The molecule has 1 unspecified atom stereocenters. The van der Waals surface area contributed by atoms with Crippen LogP contribution < -0.4 is 0 Å². The van der Waals surface area contributed by atoms with Gasteiger partial charge < -0.3 is 24.8 Å². The second-order valence-corrected chi connectivity index (χ2v) is 6.38. The molecule has 1 rings (SSSR count). The second-order valence-electron chi connectivity index (χ2n) is 6.38. The van der Waals surface area contributed by atoms with E-state index in [0.29, 0.717) is 6.61 Å². The predicted molar refractivity (Wildman–Crippen MR) is 85.5 cm³/mol. The molecule has 0 radical (unpaired) electrons. The molecule has 0 aliphatic carbocycles. The minimum atomic E-state index is -1.21. The van der Waals surface area contributed by atoms with Gasteiger partial charge in [-0.25, -0.2) is 0 Å². The first kappa shape index (κ1) is 19.8. The predicted octanol–water partition coefficient (Wildman–Crippen LogP) is 2.36. The molecule has 0 saturated carbocycles. The summed E-state index contributed by atoms with van der Waals surface area (Å²) in [6, 6.07) is 0. The van der Waals surface area contributed by atoms with E-state index in [-0.39, 0.29) is 0 Å². The van der Waals surface area contributed by atoms with E-state index in [4.69, 9.17) is 9.47 Å². The smallest absolute Gasteiger partial charge is 0.186 e. The minimum absolute atomic E-state index is 0.507. The Labute approximate surface area is 134 Å². The van der Waals surface area contributed by atoms with Crippen LogP contribution in [0.2, 0.25) is 0 Å². The lowest BCUT2D eigenvalue weighted by Gasteiger charge is -2.38. The summed E-state index contributed by atoms with van der Waals surface area (Å²) in [5.74, 6) is 0. The molecule has 0 aromatic carbocycles. The van der Waals surface area contributed by atoms with Crippen molar-refractivity contribution in [3.63, 3.8) is 0 Å². The van der Waals surface area contributed by atoms with Crippen LogP contribution in [0.1, 0.15) is 71.6 Å². The SMILES string of the molecule is CCCCCCCCCCCOC1O[C@H](C)[C@@H](O)[C@H](O)[C@@H]1O. The van der Waals surface area contributed by atoms with Gasteiger partial charge in [-0.3, -0.25) is 0 Å². The standard InChI is InChI=1S/C17H34O5/c1-3-4-5-6-7-8-9-10-11-12-21-17-16(20)15(19)14(18)13(2)22-17/h13-20H,3-12H2,1-2H3/t13-,14-,15+,16+,17?/m1/s1. The average Bonchev–Trinajstić information content (AvgIpc) is 2.51. The molecule has 1 fully saturated rings. The lowest BCUT2D eigenvalue weighted by atomic mass is 10.00. The van der Waals surface area contributed by atoms with Crippen LogP contribution in [0.4, 0.5) is 0 Å². The Morgan fingerprint density at radius 1 is 0.773 bits per heavy atom. The molecule has 1 aliphatic heterocycles. The molecule has 5 heteroatoms. The molecule has 0 spiro atoms. The van der Waals surface area contributed by atoms with Gasteiger partial charge in [0.25, 0.3) is 0 Å². The van der Waals surface area contributed by atoms with Crippen molar-refractivity contribution in [2.24, 2.45) is 0 Å². The Morgan fingerprint density at radius 3 is 1.91 bits per heavy atom. The van der Waals surface area contributed by atoms with E-state index < -0.39 is 30.7 Å². The van der Waals surface area contributed by atoms with E-state index in [1.807, 2.05) is 0 Å². The summed E-state index contributed by atoms with van der Waals surface area (Å²) < 4.78 is 10.9. The van der Waals surface area contributed by atoms with E-state index in [2.05, 4.69) is 6.92 Å². The maximum atomic E-state index is 9.81. The number of aliphatic hydroxyl groups is 3. The molecule has 1 heterocycles. The molecule has 0 bridgehead atoms. The molecule has 1 saturated heterocycles. The molecule has 1 aliphatic rings. The Hall–Kier alpha value is -0.200. The van der Waals surface area contributed by atoms with Crippen molar-refractivity contribution in [3.05, 3.63) is 0 Å². The highest BCUT2D eigenvalue weighted by molar-refractivity contribution is 4.87. The number of rotatable bonds is 11. The number of unbranched alkanes of at least 4 members (excludes halogenated alkanes) is 8. The second kappa shape index (κ2) is 11.4. The summed E-state index contributed by atoms with van der Waals surface area (Å²) in [5.41, 5.74) is 0. The molecule has 0 aromatic heterocycles. The van der Waals surface area contributed by atoms with Gasteiger partial charge in [0.05, 0.1) is 6.10 Å². The van der Waals surface area contributed by atoms with E-state index in [1.54, 1.807) is 6.92 Å². The van der Waals surface area contributed by atoms with Crippen molar-refractivity contribution in [2.75, 3.05) is 6.61 Å². The Bertz CT molecular complexity index is 274. The van der Waals surface area contributed by atoms with Crippen LogP contribution in [0.25, 0.3) is 0 Å². The molecule has 0 amide bonds. The van der Waals surface area contributed by atoms with E-state index in [9.17, 15) is 15.3 Å². The Kier molecular flexibility index (Phi) is 10.2. The Morgan fingerprint density at radius 2 is 1.32 bits per heavy atom. The highest BCUT2D eigenvalue weighted by Crippen LogP contribution is 2.22. The molecular weight excluding hydrogens is 284 g/mol. The van der Waals surface area contributed by atoms with Crippen LogP contribution in [-0.4, -0.2) is 52.6 Å². The van der Waals surface area contributed by atoms with Crippen molar-refractivity contribution in [1.29, 1.82) is 0 Å². The maximum Gasteiger partial charge on any atom is 0.186 e. The fourth-order valence-electron chi connectivity index (χ4n) is 2.76. The van der Waals surface area contributed by atoms with Crippen LogP contribution in [0.3, 0.4) is 0 Å². The van der Waals surface area contributed by atoms with E-state index in [0.717, 1.165) is 12.8 Å². The first-order valence-electron chi connectivity index (χ1n) is 8.89. The number of hydrogen-bond acceptors (Lipinski definition) is 5. The van der Waals surface area contributed by atoms with Crippen molar-refractivity contribution in [1.82, 2.24) is 0 Å². The zero-order valence-electron chi connectivity index (χ0n) is 14.1. The summed E-state index contributed by atoms with van der Waals surface area (Å²) in [7, 11) is 0. The average molecular weight is 318 g/mol.